The lowest BCUT2D eigenvalue weighted by Gasteiger charge is -2.32. The van der Waals surface area contributed by atoms with Gasteiger partial charge in [-0.1, -0.05) is 12.1 Å². The molecule has 1 aromatic heterocycles. The molecule has 1 aromatic carbocycles. The van der Waals surface area contributed by atoms with E-state index in [1.165, 1.54) is 0 Å². The SMILES string of the molecule is COc1ccc(C[C@@]2(CCC(=O)N(Cc3c(C)nn(C)c3C)C(C)C)CCC(=O)N2)cc1. The van der Waals surface area contributed by atoms with Crippen LogP contribution >= 0.6 is 0 Å². The number of rotatable bonds is 9. The van der Waals surface area contributed by atoms with Crippen LogP contribution in [-0.4, -0.2) is 45.2 Å². The van der Waals surface area contributed by atoms with Crippen LogP contribution in [-0.2, 0) is 29.6 Å². The molecule has 1 N–H and O–H groups in total. The van der Waals surface area contributed by atoms with E-state index < -0.39 is 0 Å². The van der Waals surface area contributed by atoms with Gasteiger partial charge in [-0.25, -0.2) is 0 Å². The predicted octanol–water partition coefficient (Wildman–Crippen LogP) is 3.45. The summed E-state index contributed by atoms with van der Waals surface area (Å²) in [6.07, 6.45) is 2.98. The number of hydrogen-bond donors (Lipinski definition) is 1. The van der Waals surface area contributed by atoms with E-state index in [9.17, 15) is 9.59 Å². The topological polar surface area (TPSA) is 76.5 Å². The molecule has 1 aliphatic heterocycles. The van der Waals surface area contributed by atoms with Crippen LogP contribution in [0.3, 0.4) is 0 Å². The van der Waals surface area contributed by atoms with Crippen LogP contribution in [0.15, 0.2) is 24.3 Å². The van der Waals surface area contributed by atoms with Gasteiger partial charge >= 0.3 is 0 Å². The third kappa shape index (κ3) is 5.31. The number of methoxy groups -OCH3 is 1. The molecule has 7 nitrogen and oxygen atoms in total. The van der Waals surface area contributed by atoms with Crippen molar-refractivity contribution in [2.75, 3.05) is 7.11 Å². The Balaban J connectivity index is 1.72. The first-order valence-electron chi connectivity index (χ1n) is 11.4. The molecule has 0 radical (unpaired) electrons. The first-order chi connectivity index (χ1) is 15.1. The van der Waals surface area contributed by atoms with Crippen molar-refractivity contribution in [1.29, 1.82) is 0 Å². The molecular formula is C25H36N4O3. The van der Waals surface area contributed by atoms with Crippen LogP contribution in [0.4, 0.5) is 0 Å². The molecule has 7 heteroatoms. The third-order valence-electron chi connectivity index (χ3n) is 6.69. The fourth-order valence-electron chi connectivity index (χ4n) is 4.58. The van der Waals surface area contributed by atoms with E-state index in [0.717, 1.165) is 34.7 Å². The molecule has 0 unspecified atom stereocenters. The van der Waals surface area contributed by atoms with Gasteiger partial charge in [0, 0.05) is 49.3 Å². The second-order valence-electron chi connectivity index (χ2n) is 9.24. The Labute approximate surface area is 191 Å². The first-order valence-corrected chi connectivity index (χ1v) is 11.4. The van der Waals surface area contributed by atoms with Gasteiger partial charge < -0.3 is 15.0 Å². The standard InChI is InChI=1S/C25H36N4O3/c1-17(2)29(16-22-18(3)27-28(5)19(22)4)24(31)12-14-25(13-11-23(30)26-25)15-20-7-9-21(32-6)10-8-20/h7-10,17H,11-16H2,1-6H3,(H,26,30)/t25-/m0/s1. The average Bonchev–Trinajstić information content (AvgIpc) is 3.23. The zero-order valence-corrected chi connectivity index (χ0v) is 20.2. The van der Waals surface area contributed by atoms with Crippen molar-refractivity contribution in [2.24, 2.45) is 7.05 Å². The van der Waals surface area contributed by atoms with Crippen molar-refractivity contribution in [1.82, 2.24) is 20.0 Å². The lowest BCUT2D eigenvalue weighted by Crippen LogP contribution is -2.45. The maximum Gasteiger partial charge on any atom is 0.223 e. The molecule has 0 bridgehead atoms. The Bertz CT molecular complexity index is 964. The number of nitrogens with zero attached hydrogens (tertiary/aromatic N) is 3. The smallest absolute Gasteiger partial charge is 0.223 e. The van der Waals surface area contributed by atoms with Crippen molar-refractivity contribution >= 4 is 11.8 Å². The molecule has 174 valence electrons. The summed E-state index contributed by atoms with van der Waals surface area (Å²) in [7, 11) is 3.58. The highest BCUT2D eigenvalue weighted by Gasteiger charge is 2.38. The number of carbonyl (C=O) groups is 2. The van der Waals surface area contributed by atoms with Crippen molar-refractivity contribution in [3.05, 3.63) is 46.8 Å². The third-order valence-corrected chi connectivity index (χ3v) is 6.69. The summed E-state index contributed by atoms with van der Waals surface area (Å²) in [6.45, 7) is 8.67. The second-order valence-corrected chi connectivity index (χ2v) is 9.24. The molecular weight excluding hydrogens is 404 g/mol. The first kappa shape index (κ1) is 23.8. The van der Waals surface area contributed by atoms with Gasteiger partial charge in [0.1, 0.15) is 5.75 Å². The monoisotopic (exact) mass is 440 g/mol. The zero-order chi connectivity index (χ0) is 23.5. The van der Waals surface area contributed by atoms with Crippen molar-refractivity contribution in [3.63, 3.8) is 0 Å². The normalized spacial score (nSPS) is 18.2. The van der Waals surface area contributed by atoms with Gasteiger partial charge in [0.2, 0.25) is 11.8 Å². The minimum absolute atomic E-state index is 0.0632. The van der Waals surface area contributed by atoms with Gasteiger partial charge in [-0.2, -0.15) is 5.10 Å². The highest BCUT2D eigenvalue weighted by Crippen LogP contribution is 2.31. The summed E-state index contributed by atoms with van der Waals surface area (Å²) in [6, 6.07) is 8.01. The van der Waals surface area contributed by atoms with E-state index in [1.54, 1.807) is 7.11 Å². The summed E-state index contributed by atoms with van der Waals surface area (Å²) in [5, 5.41) is 7.68. The van der Waals surface area contributed by atoms with Crippen LogP contribution < -0.4 is 10.1 Å². The maximum absolute atomic E-state index is 13.3. The van der Waals surface area contributed by atoms with Crippen molar-refractivity contribution in [3.8, 4) is 5.75 Å². The summed E-state index contributed by atoms with van der Waals surface area (Å²) in [5.41, 5.74) is 3.89. The predicted molar refractivity (Wildman–Crippen MR) is 124 cm³/mol. The number of aryl methyl sites for hydroxylation is 2. The molecule has 0 aliphatic carbocycles. The van der Waals surface area contributed by atoms with Crippen LogP contribution in [0, 0.1) is 13.8 Å². The number of aromatic nitrogens is 2. The fraction of sp³-hybridized carbons (Fsp3) is 0.560. The molecule has 1 fully saturated rings. The second kappa shape index (κ2) is 9.76. The number of carbonyl (C=O) groups excluding carboxylic acids is 2. The Kier molecular flexibility index (Phi) is 7.26. The van der Waals surface area contributed by atoms with Gasteiger partial charge in [0.15, 0.2) is 0 Å². The lowest BCUT2D eigenvalue weighted by atomic mass is 9.84. The molecule has 1 aliphatic rings. The molecule has 1 saturated heterocycles. The quantitative estimate of drug-likeness (QED) is 0.648. The maximum atomic E-state index is 13.3. The van der Waals surface area contributed by atoms with Gasteiger partial charge in [-0.15, -0.1) is 0 Å². The molecule has 0 spiro atoms. The number of amides is 2. The number of nitrogens with one attached hydrogen (secondary N) is 1. The van der Waals surface area contributed by atoms with Gasteiger partial charge in [0.25, 0.3) is 0 Å². The summed E-state index contributed by atoms with van der Waals surface area (Å²) in [5.74, 6) is 0.980. The van der Waals surface area contributed by atoms with Crippen LogP contribution in [0.2, 0.25) is 0 Å². The average molecular weight is 441 g/mol. The van der Waals surface area contributed by atoms with E-state index >= 15 is 0 Å². The van der Waals surface area contributed by atoms with Gasteiger partial charge in [-0.3, -0.25) is 14.3 Å². The fourth-order valence-corrected chi connectivity index (χ4v) is 4.58. The Morgan fingerprint density at radius 3 is 2.47 bits per heavy atom. The van der Waals surface area contributed by atoms with E-state index in [-0.39, 0.29) is 23.4 Å². The Morgan fingerprint density at radius 2 is 1.97 bits per heavy atom. The van der Waals surface area contributed by atoms with Crippen LogP contribution in [0.1, 0.15) is 62.0 Å². The molecule has 3 rings (SSSR count). The largest absolute Gasteiger partial charge is 0.497 e. The van der Waals surface area contributed by atoms with Crippen molar-refractivity contribution < 1.29 is 14.3 Å². The highest BCUT2D eigenvalue weighted by molar-refractivity contribution is 5.80. The zero-order valence-electron chi connectivity index (χ0n) is 20.2. The molecule has 2 aromatic rings. The molecule has 2 heterocycles. The summed E-state index contributed by atoms with van der Waals surface area (Å²) >= 11 is 0. The van der Waals surface area contributed by atoms with E-state index in [4.69, 9.17) is 4.74 Å². The number of ether oxygens (including phenoxy) is 1. The van der Waals surface area contributed by atoms with Crippen LogP contribution in [0.25, 0.3) is 0 Å². The Hall–Kier alpha value is -2.83. The summed E-state index contributed by atoms with van der Waals surface area (Å²) in [4.78, 5) is 27.3. The molecule has 0 saturated carbocycles. The van der Waals surface area contributed by atoms with E-state index in [2.05, 4.69) is 10.4 Å². The lowest BCUT2D eigenvalue weighted by molar-refractivity contribution is -0.134. The summed E-state index contributed by atoms with van der Waals surface area (Å²) < 4.78 is 7.12. The Morgan fingerprint density at radius 1 is 1.28 bits per heavy atom. The van der Waals surface area contributed by atoms with E-state index in [1.807, 2.05) is 68.6 Å². The number of hydrogen-bond acceptors (Lipinski definition) is 4. The van der Waals surface area contributed by atoms with E-state index in [0.29, 0.717) is 32.2 Å². The van der Waals surface area contributed by atoms with Crippen LogP contribution in [0.5, 0.6) is 5.75 Å². The van der Waals surface area contributed by atoms with Gasteiger partial charge in [-0.05, 0) is 64.7 Å². The molecule has 32 heavy (non-hydrogen) atoms. The minimum atomic E-state index is -0.385. The minimum Gasteiger partial charge on any atom is -0.497 e. The number of benzene rings is 1. The molecule has 2 amide bonds. The highest BCUT2D eigenvalue weighted by atomic mass is 16.5. The van der Waals surface area contributed by atoms with Crippen molar-refractivity contribution in [2.45, 2.75) is 77.9 Å². The molecule has 1 atom stereocenters. The van der Waals surface area contributed by atoms with Gasteiger partial charge in [0.05, 0.1) is 12.8 Å².